The van der Waals surface area contributed by atoms with Crippen LogP contribution in [0.25, 0.3) is 16.7 Å². The van der Waals surface area contributed by atoms with Crippen molar-refractivity contribution in [3.63, 3.8) is 0 Å². The second-order valence-electron chi connectivity index (χ2n) is 6.56. The van der Waals surface area contributed by atoms with Gasteiger partial charge in [-0.15, -0.1) is 0 Å². The predicted molar refractivity (Wildman–Crippen MR) is 99.5 cm³/mol. The van der Waals surface area contributed by atoms with E-state index in [1.165, 1.54) is 0 Å². The molecular formula is C19H16ClN5O. The first kappa shape index (κ1) is 15.4. The van der Waals surface area contributed by atoms with Crippen LogP contribution in [-0.4, -0.2) is 36.7 Å². The van der Waals surface area contributed by atoms with Gasteiger partial charge in [0.05, 0.1) is 16.2 Å². The molecule has 0 spiro atoms. The molecule has 1 aromatic carbocycles. The van der Waals surface area contributed by atoms with Crippen molar-refractivity contribution in [2.45, 2.75) is 19.9 Å². The molecule has 130 valence electrons. The number of para-hydroxylation sites is 1. The Morgan fingerprint density at radius 1 is 1.31 bits per heavy atom. The van der Waals surface area contributed by atoms with Crippen LogP contribution in [-0.2, 0) is 13.0 Å². The Hall–Kier alpha value is -2.86. The molecule has 0 saturated carbocycles. The molecule has 4 heterocycles. The van der Waals surface area contributed by atoms with E-state index in [2.05, 4.69) is 15.0 Å². The third kappa shape index (κ3) is 2.15. The van der Waals surface area contributed by atoms with Crippen LogP contribution in [0.3, 0.4) is 0 Å². The lowest BCUT2D eigenvalue weighted by Gasteiger charge is -2.27. The van der Waals surface area contributed by atoms with Gasteiger partial charge >= 0.3 is 0 Å². The van der Waals surface area contributed by atoms with Crippen LogP contribution in [0.15, 0.2) is 36.7 Å². The summed E-state index contributed by atoms with van der Waals surface area (Å²) < 4.78 is 1.76. The second-order valence-corrected chi connectivity index (χ2v) is 6.96. The topological polar surface area (TPSA) is 66.3 Å². The number of benzene rings is 1. The fourth-order valence-corrected chi connectivity index (χ4v) is 4.00. The van der Waals surface area contributed by atoms with E-state index in [1.54, 1.807) is 16.7 Å². The number of H-pyrrole nitrogens is 1. The summed E-state index contributed by atoms with van der Waals surface area (Å²) >= 11 is 6.31. The number of aromatic nitrogens is 4. The number of carbonyl (C=O) groups excluding carboxylic acids is 1. The molecule has 7 heteroatoms. The number of nitrogens with one attached hydrogen (secondary N) is 1. The van der Waals surface area contributed by atoms with E-state index >= 15 is 0 Å². The Balaban J connectivity index is 1.56. The number of halogens is 1. The highest BCUT2D eigenvalue weighted by atomic mass is 35.5. The summed E-state index contributed by atoms with van der Waals surface area (Å²) in [6, 6.07) is 7.68. The summed E-state index contributed by atoms with van der Waals surface area (Å²) in [5.41, 5.74) is 4.53. The van der Waals surface area contributed by atoms with Gasteiger partial charge in [-0.2, -0.15) is 0 Å². The van der Waals surface area contributed by atoms with Crippen molar-refractivity contribution in [2.75, 3.05) is 6.54 Å². The molecule has 1 aliphatic heterocycles. The number of amides is 1. The zero-order valence-corrected chi connectivity index (χ0v) is 14.9. The molecule has 6 nitrogen and oxygen atoms in total. The van der Waals surface area contributed by atoms with Gasteiger partial charge in [-0.3, -0.25) is 9.20 Å². The summed E-state index contributed by atoms with van der Waals surface area (Å²) in [6.07, 6.45) is 4.29. The van der Waals surface area contributed by atoms with Crippen molar-refractivity contribution in [1.82, 2.24) is 24.3 Å². The number of hydrogen-bond donors (Lipinski definition) is 1. The van der Waals surface area contributed by atoms with Crippen LogP contribution in [0.5, 0.6) is 0 Å². The number of aromatic amines is 1. The van der Waals surface area contributed by atoms with Gasteiger partial charge in [-0.25, -0.2) is 9.97 Å². The Kier molecular flexibility index (Phi) is 3.30. The zero-order valence-electron chi connectivity index (χ0n) is 14.2. The fourth-order valence-electron chi connectivity index (χ4n) is 3.78. The maximum absolute atomic E-state index is 13.2. The van der Waals surface area contributed by atoms with Crippen molar-refractivity contribution in [1.29, 1.82) is 0 Å². The highest BCUT2D eigenvalue weighted by Gasteiger charge is 2.28. The van der Waals surface area contributed by atoms with Gasteiger partial charge in [0.15, 0.2) is 0 Å². The molecule has 3 aromatic heterocycles. The largest absolute Gasteiger partial charge is 0.357 e. The number of carbonyl (C=O) groups is 1. The molecule has 5 rings (SSSR count). The number of nitrogens with zero attached hydrogens (tertiary/aromatic N) is 4. The van der Waals surface area contributed by atoms with E-state index in [-0.39, 0.29) is 5.91 Å². The lowest BCUT2D eigenvalue weighted by atomic mass is 10.0. The lowest BCUT2D eigenvalue weighted by Crippen LogP contribution is -2.36. The van der Waals surface area contributed by atoms with Crippen LogP contribution in [0.2, 0.25) is 5.02 Å². The SMILES string of the molecule is Cc1nc2ncccn2c1C(=O)N1CCc2[nH]c3c(Cl)cccc3c2C1. The molecular weight excluding hydrogens is 350 g/mol. The first-order valence-corrected chi connectivity index (χ1v) is 8.88. The zero-order chi connectivity index (χ0) is 17.8. The van der Waals surface area contributed by atoms with E-state index in [9.17, 15) is 4.79 Å². The molecule has 0 radical (unpaired) electrons. The Morgan fingerprint density at radius 3 is 3.08 bits per heavy atom. The van der Waals surface area contributed by atoms with Crippen molar-refractivity contribution in [3.05, 3.63) is 64.3 Å². The summed E-state index contributed by atoms with van der Waals surface area (Å²) in [5.74, 6) is 0.523. The molecule has 0 unspecified atom stereocenters. The second kappa shape index (κ2) is 5.57. The first-order chi connectivity index (χ1) is 12.6. The minimum absolute atomic E-state index is 0.0231. The van der Waals surface area contributed by atoms with Crippen molar-refractivity contribution in [3.8, 4) is 0 Å². The summed E-state index contributed by atoms with van der Waals surface area (Å²) in [5, 5.41) is 1.79. The molecule has 1 amide bonds. The van der Waals surface area contributed by atoms with Crippen molar-refractivity contribution >= 4 is 34.2 Å². The van der Waals surface area contributed by atoms with Crippen LogP contribution < -0.4 is 0 Å². The fraction of sp³-hybridized carbons (Fsp3) is 0.211. The molecule has 0 bridgehead atoms. The van der Waals surface area contributed by atoms with Gasteiger partial charge in [0.2, 0.25) is 5.78 Å². The average Bonchev–Trinajstić information content (AvgIpc) is 3.18. The highest BCUT2D eigenvalue weighted by Crippen LogP contribution is 2.32. The smallest absolute Gasteiger partial charge is 0.273 e. The predicted octanol–water partition coefficient (Wildman–Crippen LogP) is 3.37. The summed E-state index contributed by atoms with van der Waals surface area (Å²) in [4.78, 5) is 27.2. The minimum Gasteiger partial charge on any atom is -0.357 e. The van der Waals surface area contributed by atoms with Crippen molar-refractivity contribution < 1.29 is 4.79 Å². The Morgan fingerprint density at radius 2 is 2.19 bits per heavy atom. The summed E-state index contributed by atoms with van der Waals surface area (Å²) in [6.45, 7) is 3.06. The molecule has 26 heavy (non-hydrogen) atoms. The van der Waals surface area contributed by atoms with Crippen LogP contribution in [0, 0.1) is 6.92 Å². The molecule has 0 saturated heterocycles. The van der Waals surface area contributed by atoms with Gasteiger partial charge in [-0.1, -0.05) is 23.7 Å². The Labute approximate surface area is 154 Å². The van der Waals surface area contributed by atoms with Crippen LogP contribution >= 0.6 is 11.6 Å². The van der Waals surface area contributed by atoms with Gasteiger partial charge in [0.25, 0.3) is 5.91 Å². The first-order valence-electron chi connectivity index (χ1n) is 8.50. The lowest BCUT2D eigenvalue weighted by molar-refractivity contribution is 0.0727. The number of imidazole rings is 1. The molecule has 4 aromatic rings. The van der Waals surface area contributed by atoms with Crippen molar-refractivity contribution in [2.24, 2.45) is 0 Å². The third-order valence-electron chi connectivity index (χ3n) is 5.03. The average molecular weight is 366 g/mol. The standard InChI is InChI=1S/C19H16ClN5O/c1-11-17(25-8-3-7-21-19(25)22-11)18(26)24-9-6-15-13(10-24)12-4-2-5-14(20)16(12)23-15/h2-5,7-8,23H,6,9-10H2,1H3. The number of aryl methyl sites for hydroxylation is 1. The van der Waals surface area contributed by atoms with Crippen LogP contribution in [0.1, 0.15) is 27.4 Å². The molecule has 0 fully saturated rings. The van der Waals surface area contributed by atoms with Gasteiger partial charge in [0, 0.05) is 48.5 Å². The molecule has 1 N–H and O–H groups in total. The van der Waals surface area contributed by atoms with E-state index < -0.39 is 0 Å². The van der Waals surface area contributed by atoms with E-state index in [0.29, 0.717) is 35.3 Å². The quantitative estimate of drug-likeness (QED) is 0.562. The monoisotopic (exact) mass is 365 g/mol. The van der Waals surface area contributed by atoms with Gasteiger partial charge in [0.1, 0.15) is 5.69 Å². The van der Waals surface area contributed by atoms with Crippen LogP contribution in [0.4, 0.5) is 0 Å². The molecule has 0 atom stereocenters. The maximum Gasteiger partial charge on any atom is 0.273 e. The van der Waals surface area contributed by atoms with E-state index in [4.69, 9.17) is 11.6 Å². The van der Waals surface area contributed by atoms with E-state index in [1.807, 2.05) is 36.2 Å². The number of fused-ring (bicyclic) bond motifs is 4. The minimum atomic E-state index is -0.0231. The van der Waals surface area contributed by atoms with Gasteiger partial charge in [-0.05, 0) is 19.1 Å². The van der Waals surface area contributed by atoms with E-state index in [0.717, 1.165) is 28.6 Å². The number of hydrogen-bond acceptors (Lipinski definition) is 3. The maximum atomic E-state index is 13.2. The number of rotatable bonds is 1. The normalized spacial score (nSPS) is 14.2. The molecule has 0 aliphatic carbocycles. The third-order valence-corrected chi connectivity index (χ3v) is 5.34. The highest BCUT2D eigenvalue weighted by molar-refractivity contribution is 6.35. The Bertz CT molecular complexity index is 1180. The van der Waals surface area contributed by atoms with Gasteiger partial charge < -0.3 is 9.88 Å². The summed E-state index contributed by atoms with van der Waals surface area (Å²) in [7, 11) is 0. The molecule has 1 aliphatic rings.